The van der Waals surface area contributed by atoms with Gasteiger partial charge in [0, 0.05) is 12.2 Å². The number of aromatic carboxylic acids is 1. The molecular formula is C23H29NO3. The van der Waals surface area contributed by atoms with Crippen LogP contribution in [-0.2, 0) is 10.8 Å². The van der Waals surface area contributed by atoms with Gasteiger partial charge in [-0.15, -0.1) is 0 Å². The minimum Gasteiger partial charge on any atom is -0.478 e. The summed E-state index contributed by atoms with van der Waals surface area (Å²) in [6, 6.07) is 12.9. The minimum absolute atomic E-state index is 0.112. The van der Waals surface area contributed by atoms with Crippen LogP contribution in [0.4, 0.5) is 5.69 Å². The monoisotopic (exact) mass is 367 g/mol. The lowest BCUT2D eigenvalue weighted by molar-refractivity contribution is 0.0697. The molecule has 0 aliphatic heterocycles. The first kappa shape index (κ1) is 19.4. The molecule has 144 valence electrons. The highest BCUT2D eigenvalue weighted by Gasteiger charge is 2.37. The van der Waals surface area contributed by atoms with Crippen LogP contribution in [0.5, 0.6) is 0 Å². The molecule has 27 heavy (non-hydrogen) atoms. The predicted octanol–water partition coefficient (Wildman–Crippen LogP) is 4.88. The summed E-state index contributed by atoms with van der Waals surface area (Å²) < 4.78 is 0. The Balaban J connectivity index is 1.75. The van der Waals surface area contributed by atoms with E-state index in [1.807, 2.05) is 6.07 Å². The Labute approximate surface area is 161 Å². The van der Waals surface area contributed by atoms with E-state index in [9.17, 15) is 9.90 Å². The van der Waals surface area contributed by atoms with Crippen LogP contribution in [0, 0.1) is 0 Å². The van der Waals surface area contributed by atoms with Gasteiger partial charge >= 0.3 is 5.97 Å². The Hall–Kier alpha value is -2.33. The molecule has 2 aromatic rings. The third kappa shape index (κ3) is 4.01. The molecule has 1 unspecified atom stereocenters. The summed E-state index contributed by atoms with van der Waals surface area (Å²) in [6.07, 6.45) is 1.68. The number of anilines is 1. The number of aliphatic hydroxyl groups is 1. The van der Waals surface area contributed by atoms with E-state index < -0.39 is 12.1 Å². The maximum absolute atomic E-state index is 10.9. The number of hydrogen-bond donors (Lipinski definition) is 3. The van der Waals surface area contributed by atoms with Gasteiger partial charge in [0.2, 0.25) is 0 Å². The zero-order valence-electron chi connectivity index (χ0n) is 16.5. The van der Waals surface area contributed by atoms with Crippen LogP contribution in [0.25, 0.3) is 0 Å². The summed E-state index contributed by atoms with van der Waals surface area (Å²) in [7, 11) is 0. The molecule has 1 atom stereocenters. The number of benzene rings is 2. The highest BCUT2D eigenvalue weighted by Crippen LogP contribution is 2.46. The van der Waals surface area contributed by atoms with Crippen LogP contribution in [0.3, 0.4) is 0 Å². The summed E-state index contributed by atoms with van der Waals surface area (Å²) >= 11 is 0. The van der Waals surface area contributed by atoms with Gasteiger partial charge in [-0.1, -0.05) is 45.9 Å². The Bertz CT molecular complexity index is 837. The van der Waals surface area contributed by atoms with E-state index in [1.165, 1.54) is 17.5 Å². The van der Waals surface area contributed by atoms with Crippen molar-refractivity contribution in [2.45, 2.75) is 57.5 Å². The van der Waals surface area contributed by atoms with Crippen molar-refractivity contribution in [3.8, 4) is 0 Å². The standard InChI is InChI=1S/C23H29NO3/c1-22(2)11-12-23(3,4)19-13-16(7-10-18(19)22)20(25)14-24-17-8-5-15(6-9-17)21(26)27/h5-10,13,20,24-25H,11-12,14H2,1-4H3,(H,26,27). The van der Waals surface area contributed by atoms with Crippen molar-refractivity contribution in [1.29, 1.82) is 0 Å². The zero-order chi connectivity index (χ0) is 19.8. The molecule has 0 saturated heterocycles. The van der Waals surface area contributed by atoms with E-state index in [0.717, 1.165) is 17.7 Å². The maximum Gasteiger partial charge on any atom is 0.335 e. The minimum atomic E-state index is -0.943. The second-order valence-corrected chi connectivity index (χ2v) is 8.85. The molecule has 0 heterocycles. The molecule has 0 fully saturated rings. The van der Waals surface area contributed by atoms with Gasteiger partial charge in [-0.25, -0.2) is 4.79 Å². The topological polar surface area (TPSA) is 69.6 Å². The number of hydrogen-bond acceptors (Lipinski definition) is 3. The molecule has 0 spiro atoms. The Morgan fingerprint density at radius 1 is 1.00 bits per heavy atom. The fourth-order valence-corrected chi connectivity index (χ4v) is 3.88. The van der Waals surface area contributed by atoms with Crippen molar-refractivity contribution >= 4 is 11.7 Å². The summed E-state index contributed by atoms with van der Waals surface area (Å²) in [5.41, 5.74) is 4.94. The summed E-state index contributed by atoms with van der Waals surface area (Å²) in [5.74, 6) is -0.943. The Morgan fingerprint density at radius 3 is 2.19 bits per heavy atom. The number of carbonyl (C=O) groups is 1. The number of aliphatic hydroxyl groups excluding tert-OH is 1. The van der Waals surface area contributed by atoms with E-state index in [0.29, 0.717) is 6.54 Å². The molecule has 3 N–H and O–H groups in total. The maximum atomic E-state index is 10.9. The van der Waals surface area contributed by atoms with Crippen molar-refractivity contribution in [2.24, 2.45) is 0 Å². The molecule has 0 radical (unpaired) electrons. The van der Waals surface area contributed by atoms with Gasteiger partial charge in [-0.3, -0.25) is 0 Å². The van der Waals surface area contributed by atoms with Gasteiger partial charge in [0.05, 0.1) is 11.7 Å². The first-order chi connectivity index (χ1) is 12.6. The van der Waals surface area contributed by atoms with Gasteiger partial charge in [-0.2, -0.15) is 0 Å². The van der Waals surface area contributed by atoms with Crippen LogP contribution in [-0.4, -0.2) is 22.7 Å². The molecule has 0 aromatic heterocycles. The fraction of sp³-hybridized carbons (Fsp3) is 0.435. The number of carboxylic acid groups (broad SMARTS) is 1. The van der Waals surface area contributed by atoms with E-state index >= 15 is 0 Å². The molecule has 2 aromatic carbocycles. The normalized spacial score (nSPS) is 18.4. The summed E-state index contributed by atoms with van der Waals surface area (Å²) in [6.45, 7) is 9.51. The van der Waals surface area contributed by atoms with Gasteiger partial charge in [0.15, 0.2) is 0 Å². The van der Waals surface area contributed by atoms with Crippen LogP contribution in [0.1, 0.15) is 73.7 Å². The largest absolute Gasteiger partial charge is 0.478 e. The number of fused-ring (bicyclic) bond motifs is 1. The molecule has 4 nitrogen and oxygen atoms in total. The van der Waals surface area contributed by atoms with E-state index in [-0.39, 0.29) is 16.4 Å². The van der Waals surface area contributed by atoms with Crippen LogP contribution in [0.2, 0.25) is 0 Å². The second-order valence-electron chi connectivity index (χ2n) is 8.85. The smallest absolute Gasteiger partial charge is 0.335 e. The number of rotatable bonds is 5. The van der Waals surface area contributed by atoms with Gasteiger partial charge in [0.25, 0.3) is 0 Å². The number of nitrogens with one attached hydrogen (secondary N) is 1. The predicted molar refractivity (Wildman–Crippen MR) is 109 cm³/mol. The molecular weight excluding hydrogens is 338 g/mol. The first-order valence-corrected chi connectivity index (χ1v) is 9.50. The highest BCUT2D eigenvalue weighted by atomic mass is 16.4. The molecule has 4 heteroatoms. The second kappa shape index (κ2) is 7.01. The highest BCUT2D eigenvalue weighted by molar-refractivity contribution is 5.87. The molecule has 0 bridgehead atoms. The van der Waals surface area contributed by atoms with Gasteiger partial charge in [0.1, 0.15) is 0 Å². The SMILES string of the molecule is CC1(C)CCC(C)(C)c2cc(C(O)CNc3ccc(C(=O)O)cc3)ccc21. The number of carboxylic acids is 1. The lowest BCUT2D eigenvalue weighted by Gasteiger charge is -2.42. The molecule has 3 rings (SSSR count). The fourth-order valence-electron chi connectivity index (χ4n) is 3.88. The summed E-state index contributed by atoms with van der Waals surface area (Å²) in [4.78, 5) is 10.9. The quantitative estimate of drug-likeness (QED) is 0.704. The molecule has 0 saturated carbocycles. The van der Waals surface area contributed by atoms with Crippen LogP contribution < -0.4 is 5.32 Å². The van der Waals surface area contributed by atoms with Crippen LogP contribution >= 0.6 is 0 Å². The molecule has 1 aliphatic carbocycles. The van der Waals surface area contributed by atoms with Crippen molar-refractivity contribution in [3.63, 3.8) is 0 Å². The summed E-state index contributed by atoms with van der Waals surface area (Å²) in [5, 5.41) is 22.8. The van der Waals surface area contributed by atoms with E-state index in [2.05, 4.69) is 45.1 Å². The van der Waals surface area contributed by atoms with Crippen molar-refractivity contribution in [3.05, 3.63) is 64.7 Å². The average molecular weight is 367 g/mol. The van der Waals surface area contributed by atoms with E-state index in [4.69, 9.17) is 5.11 Å². The third-order valence-electron chi connectivity index (χ3n) is 5.89. The van der Waals surface area contributed by atoms with Crippen molar-refractivity contribution < 1.29 is 15.0 Å². The molecule has 0 amide bonds. The Morgan fingerprint density at radius 2 is 1.59 bits per heavy atom. The van der Waals surface area contributed by atoms with Crippen molar-refractivity contribution in [1.82, 2.24) is 0 Å². The van der Waals surface area contributed by atoms with Crippen molar-refractivity contribution in [2.75, 3.05) is 11.9 Å². The zero-order valence-corrected chi connectivity index (χ0v) is 16.5. The third-order valence-corrected chi connectivity index (χ3v) is 5.89. The van der Waals surface area contributed by atoms with Crippen LogP contribution in [0.15, 0.2) is 42.5 Å². The van der Waals surface area contributed by atoms with Gasteiger partial charge < -0.3 is 15.5 Å². The lowest BCUT2D eigenvalue weighted by atomic mass is 9.63. The van der Waals surface area contributed by atoms with E-state index in [1.54, 1.807) is 24.3 Å². The Kier molecular flexibility index (Phi) is 5.04. The lowest BCUT2D eigenvalue weighted by Crippen LogP contribution is -2.34. The molecule has 1 aliphatic rings. The van der Waals surface area contributed by atoms with Gasteiger partial charge in [-0.05, 0) is 64.6 Å². The first-order valence-electron chi connectivity index (χ1n) is 9.50. The average Bonchev–Trinajstić information content (AvgIpc) is 2.63.